The third-order valence-corrected chi connectivity index (χ3v) is 4.49. The van der Waals surface area contributed by atoms with Crippen molar-refractivity contribution in [2.45, 2.75) is 0 Å². The zero-order valence-corrected chi connectivity index (χ0v) is 12.7. The SMILES string of the molecule is O=C(c1ccc(-c2ccccc2O)s1)c1cc(F)c(F)c(O)c1F. The van der Waals surface area contributed by atoms with Gasteiger partial charge in [0, 0.05) is 10.4 Å². The molecule has 3 rings (SSSR count). The van der Waals surface area contributed by atoms with E-state index >= 15 is 0 Å². The van der Waals surface area contributed by atoms with E-state index in [0.717, 1.165) is 11.3 Å². The van der Waals surface area contributed by atoms with Crippen LogP contribution in [0, 0.1) is 17.5 Å². The van der Waals surface area contributed by atoms with Crippen LogP contribution in [0.1, 0.15) is 15.2 Å². The van der Waals surface area contributed by atoms with Crippen molar-refractivity contribution in [2.75, 3.05) is 0 Å². The number of carbonyl (C=O) groups is 1. The lowest BCUT2D eigenvalue weighted by atomic mass is 10.1. The van der Waals surface area contributed by atoms with Crippen molar-refractivity contribution >= 4 is 17.1 Å². The minimum absolute atomic E-state index is 0.00926. The van der Waals surface area contributed by atoms with Crippen molar-refractivity contribution in [1.29, 1.82) is 0 Å². The normalized spacial score (nSPS) is 10.8. The standard InChI is InChI=1S/C17H9F3O3S/c18-10-7-9(14(19)17(23)15(10)20)16(22)13-6-5-12(24-13)8-3-1-2-4-11(8)21/h1-7,21,23H. The first-order chi connectivity index (χ1) is 11.4. The Morgan fingerprint density at radius 3 is 2.38 bits per heavy atom. The van der Waals surface area contributed by atoms with Crippen LogP contribution >= 0.6 is 11.3 Å². The summed E-state index contributed by atoms with van der Waals surface area (Å²) in [6, 6.07) is 9.79. The van der Waals surface area contributed by atoms with Gasteiger partial charge in [-0.1, -0.05) is 12.1 Å². The average molecular weight is 350 g/mol. The molecule has 122 valence electrons. The van der Waals surface area contributed by atoms with Crippen LogP contribution in [-0.4, -0.2) is 16.0 Å². The van der Waals surface area contributed by atoms with Crippen LogP contribution in [0.5, 0.6) is 11.5 Å². The maximum absolute atomic E-state index is 13.9. The van der Waals surface area contributed by atoms with E-state index in [-0.39, 0.29) is 10.6 Å². The molecular weight excluding hydrogens is 341 g/mol. The molecule has 1 heterocycles. The molecule has 0 fully saturated rings. The monoisotopic (exact) mass is 350 g/mol. The van der Waals surface area contributed by atoms with Gasteiger partial charge in [0.15, 0.2) is 17.4 Å². The minimum Gasteiger partial charge on any atom is -0.507 e. The number of halogens is 3. The molecule has 3 nitrogen and oxygen atoms in total. The molecule has 0 spiro atoms. The maximum Gasteiger partial charge on any atom is 0.206 e. The lowest BCUT2D eigenvalue weighted by molar-refractivity contribution is 0.103. The Labute approximate surface area is 138 Å². The smallest absolute Gasteiger partial charge is 0.206 e. The third kappa shape index (κ3) is 2.63. The van der Waals surface area contributed by atoms with Gasteiger partial charge in [-0.15, -0.1) is 11.3 Å². The number of phenolic OH excluding ortho intramolecular Hbond substituents is 2. The minimum atomic E-state index is -1.75. The number of rotatable bonds is 3. The molecule has 7 heteroatoms. The summed E-state index contributed by atoms with van der Waals surface area (Å²) in [6.07, 6.45) is 0. The molecule has 0 amide bonds. The summed E-state index contributed by atoms with van der Waals surface area (Å²) in [6.45, 7) is 0. The Hall–Kier alpha value is -2.80. The van der Waals surface area contributed by atoms with Crippen molar-refractivity contribution in [2.24, 2.45) is 0 Å². The van der Waals surface area contributed by atoms with Crippen LogP contribution in [-0.2, 0) is 0 Å². The van der Waals surface area contributed by atoms with Gasteiger partial charge in [-0.2, -0.15) is 4.39 Å². The molecule has 0 aliphatic rings. The van der Waals surface area contributed by atoms with Gasteiger partial charge in [-0.25, -0.2) is 8.78 Å². The highest BCUT2D eigenvalue weighted by Crippen LogP contribution is 2.35. The molecular formula is C17H9F3O3S. The van der Waals surface area contributed by atoms with Gasteiger partial charge >= 0.3 is 0 Å². The van der Waals surface area contributed by atoms with Gasteiger partial charge in [-0.05, 0) is 30.3 Å². The van der Waals surface area contributed by atoms with E-state index in [0.29, 0.717) is 16.5 Å². The summed E-state index contributed by atoms with van der Waals surface area (Å²) in [5, 5.41) is 19.0. The summed E-state index contributed by atoms with van der Waals surface area (Å²) in [5.74, 6) is -7.20. The first-order valence-corrected chi connectivity index (χ1v) is 7.51. The highest BCUT2D eigenvalue weighted by Gasteiger charge is 2.24. The Morgan fingerprint density at radius 1 is 0.958 bits per heavy atom. The predicted octanol–water partition coefficient (Wildman–Crippen LogP) is 4.47. The molecule has 0 bridgehead atoms. The molecule has 0 saturated heterocycles. The van der Waals surface area contributed by atoms with Crippen molar-refractivity contribution < 1.29 is 28.2 Å². The van der Waals surface area contributed by atoms with E-state index in [4.69, 9.17) is 0 Å². The number of hydrogen-bond acceptors (Lipinski definition) is 4. The van der Waals surface area contributed by atoms with Crippen LogP contribution < -0.4 is 0 Å². The van der Waals surface area contributed by atoms with Gasteiger partial charge in [0.2, 0.25) is 11.6 Å². The molecule has 2 N–H and O–H groups in total. The van der Waals surface area contributed by atoms with Gasteiger partial charge in [0.05, 0.1) is 10.4 Å². The first kappa shape index (κ1) is 16.1. The first-order valence-electron chi connectivity index (χ1n) is 6.69. The molecule has 0 radical (unpaired) electrons. The van der Waals surface area contributed by atoms with Crippen LogP contribution in [0.2, 0.25) is 0 Å². The second-order valence-corrected chi connectivity index (χ2v) is 5.98. The third-order valence-electron chi connectivity index (χ3n) is 3.38. The molecule has 2 aromatic carbocycles. The second kappa shape index (κ2) is 6.01. The Bertz CT molecular complexity index is 950. The fourth-order valence-electron chi connectivity index (χ4n) is 2.18. The van der Waals surface area contributed by atoms with E-state index in [1.165, 1.54) is 12.1 Å². The van der Waals surface area contributed by atoms with Gasteiger partial charge < -0.3 is 10.2 Å². The Balaban J connectivity index is 2.03. The van der Waals surface area contributed by atoms with Gasteiger partial charge in [0.25, 0.3) is 0 Å². The Kier molecular flexibility index (Phi) is 4.02. The molecule has 24 heavy (non-hydrogen) atoms. The molecule has 0 aliphatic carbocycles. The number of thiophene rings is 1. The van der Waals surface area contributed by atoms with E-state index in [1.54, 1.807) is 24.3 Å². The summed E-state index contributed by atoms with van der Waals surface area (Å²) in [7, 11) is 0. The highest BCUT2D eigenvalue weighted by atomic mass is 32.1. The van der Waals surface area contributed by atoms with Crippen LogP contribution in [0.15, 0.2) is 42.5 Å². The summed E-state index contributed by atoms with van der Waals surface area (Å²) in [5.41, 5.74) is -0.285. The van der Waals surface area contributed by atoms with E-state index < -0.39 is 34.5 Å². The lowest BCUT2D eigenvalue weighted by Gasteiger charge is -2.05. The molecule has 0 aliphatic heterocycles. The summed E-state index contributed by atoms with van der Waals surface area (Å²) in [4.78, 5) is 12.9. The number of benzene rings is 2. The zero-order valence-electron chi connectivity index (χ0n) is 11.9. The van der Waals surface area contributed by atoms with Crippen molar-refractivity contribution in [1.82, 2.24) is 0 Å². The molecule has 3 aromatic rings. The van der Waals surface area contributed by atoms with Gasteiger partial charge in [-0.3, -0.25) is 4.79 Å². The van der Waals surface area contributed by atoms with Crippen molar-refractivity contribution in [3.05, 3.63) is 70.4 Å². The average Bonchev–Trinajstić information content (AvgIpc) is 3.06. The fraction of sp³-hybridized carbons (Fsp3) is 0. The number of phenols is 2. The lowest BCUT2D eigenvalue weighted by Crippen LogP contribution is -2.05. The quantitative estimate of drug-likeness (QED) is 0.541. The molecule has 1 aromatic heterocycles. The van der Waals surface area contributed by atoms with Crippen LogP contribution in [0.3, 0.4) is 0 Å². The number of hydrogen-bond donors (Lipinski definition) is 2. The van der Waals surface area contributed by atoms with E-state index in [1.807, 2.05) is 0 Å². The zero-order chi connectivity index (χ0) is 17.4. The fourth-order valence-corrected chi connectivity index (χ4v) is 3.17. The largest absolute Gasteiger partial charge is 0.507 e. The van der Waals surface area contributed by atoms with Crippen LogP contribution in [0.25, 0.3) is 10.4 Å². The number of aromatic hydroxyl groups is 2. The van der Waals surface area contributed by atoms with E-state index in [2.05, 4.69) is 0 Å². The Morgan fingerprint density at radius 2 is 1.67 bits per heavy atom. The van der Waals surface area contributed by atoms with E-state index in [9.17, 15) is 28.2 Å². The summed E-state index contributed by atoms with van der Waals surface area (Å²) < 4.78 is 40.3. The van der Waals surface area contributed by atoms with Crippen molar-refractivity contribution in [3.63, 3.8) is 0 Å². The van der Waals surface area contributed by atoms with Gasteiger partial charge in [0.1, 0.15) is 5.75 Å². The topological polar surface area (TPSA) is 57.5 Å². The molecule has 0 unspecified atom stereocenters. The number of para-hydroxylation sites is 1. The number of carbonyl (C=O) groups excluding carboxylic acids is 1. The van der Waals surface area contributed by atoms with Crippen molar-refractivity contribution in [3.8, 4) is 21.9 Å². The maximum atomic E-state index is 13.9. The highest BCUT2D eigenvalue weighted by molar-refractivity contribution is 7.17. The second-order valence-electron chi connectivity index (χ2n) is 4.89. The molecule has 0 saturated carbocycles. The molecule has 0 atom stereocenters. The summed E-state index contributed by atoms with van der Waals surface area (Å²) >= 11 is 0.954. The predicted molar refractivity (Wildman–Crippen MR) is 82.8 cm³/mol. The van der Waals surface area contributed by atoms with Crippen LogP contribution in [0.4, 0.5) is 13.2 Å². The number of ketones is 1.